The molecule has 0 bridgehead atoms. The van der Waals surface area contributed by atoms with Crippen LogP contribution in [0.2, 0.25) is 4.34 Å². The number of nitrogens with zero attached hydrogens (tertiary/aromatic N) is 4. The van der Waals surface area contributed by atoms with Crippen LogP contribution in [0.4, 0.5) is 0 Å². The molecule has 0 radical (unpaired) electrons. The van der Waals surface area contributed by atoms with Crippen molar-refractivity contribution in [2.24, 2.45) is 5.73 Å². The number of carbonyl (C=O) groups is 1. The third-order valence-electron chi connectivity index (χ3n) is 4.45. The van der Waals surface area contributed by atoms with E-state index < -0.39 is 0 Å². The molecule has 0 saturated heterocycles. The number of nitrogens with two attached hydrogens (primary N) is 1. The maximum Gasteiger partial charge on any atom is 0.297 e. The maximum atomic E-state index is 12.6. The first kappa shape index (κ1) is 21.8. The van der Waals surface area contributed by atoms with Crippen LogP contribution < -0.4 is 21.3 Å². The first-order chi connectivity index (χ1) is 15.5. The van der Waals surface area contributed by atoms with Crippen molar-refractivity contribution in [1.82, 2.24) is 24.9 Å². The molecule has 0 fully saturated rings. The highest BCUT2D eigenvalue weighted by atomic mass is 35.5. The Hall–Kier alpha value is -3.47. The Labute approximate surface area is 192 Å². The van der Waals surface area contributed by atoms with Gasteiger partial charge < -0.3 is 15.8 Å². The van der Waals surface area contributed by atoms with Crippen LogP contribution in [-0.2, 0) is 6.54 Å². The van der Waals surface area contributed by atoms with Gasteiger partial charge in [-0.05, 0) is 48.5 Å². The molecule has 4 aromatic rings. The van der Waals surface area contributed by atoms with Crippen LogP contribution in [0.1, 0.15) is 15.4 Å². The fraction of sp³-hybridized carbons (Fsp3) is 0.143. The van der Waals surface area contributed by atoms with Crippen LogP contribution >= 0.6 is 22.9 Å². The molecule has 3 heterocycles. The number of aromatic nitrogens is 4. The molecule has 4 rings (SSSR count). The molecule has 0 atom stereocenters. The van der Waals surface area contributed by atoms with Gasteiger partial charge in [0.05, 0.1) is 27.6 Å². The monoisotopic (exact) mass is 470 g/mol. The Morgan fingerprint density at radius 3 is 2.66 bits per heavy atom. The zero-order valence-electron chi connectivity index (χ0n) is 16.8. The molecule has 0 aliphatic carbocycles. The van der Waals surface area contributed by atoms with Crippen molar-refractivity contribution in [2.75, 3.05) is 13.2 Å². The lowest BCUT2D eigenvalue weighted by atomic mass is 10.2. The SMILES string of the molecule is NCCOc1cccn(-c2ccc(-n3cc(CNC(=O)c4ccc(Cl)s4)nn3)cc2)c1=O. The topological polar surface area (TPSA) is 117 Å². The lowest BCUT2D eigenvalue weighted by Gasteiger charge is -2.09. The van der Waals surface area contributed by atoms with Gasteiger partial charge in [-0.1, -0.05) is 16.8 Å². The van der Waals surface area contributed by atoms with Crippen molar-refractivity contribution in [3.63, 3.8) is 0 Å². The van der Waals surface area contributed by atoms with Gasteiger partial charge in [0.1, 0.15) is 12.3 Å². The number of carbonyl (C=O) groups excluding carboxylic acids is 1. The summed E-state index contributed by atoms with van der Waals surface area (Å²) in [6, 6.07) is 13.9. The number of rotatable bonds is 8. The average Bonchev–Trinajstić information content (AvgIpc) is 3.46. The fourth-order valence-electron chi connectivity index (χ4n) is 2.92. The van der Waals surface area contributed by atoms with Gasteiger partial charge in [0.25, 0.3) is 11.5 Å². The Bertz CT molecular complexity index is 1280. The molecule has 0 saturated carbocycles. The predicted octanol–water partition coefficient (Wildman–Crippen LogP) is 2.40. The molecular formula is C21H19ClN6O3S. The van der Waals surface area contributed by atoms with E-state index in [4.69, 9.17) is 22.1 Å². The van der Waals surface area contributed by atoms with E-state index in [2.05, 4.69) is 15.6 Å². The summed E-state index contributed by atoms with van der Waals surface area (Å²) in [5, 5.41) is 11.0. The third-order valence-corrected chi connectivity index (χ3v) is 5.68. The first-order valence-electron chi connectivity index (χ1n) is 9.65. The molecule has 164 valence electrons. The standard InChI is InChI=1S/C21H19ClN6O3S/c22-19-8-7-18(32-19)20(29)24-12-14-13-28(26-25-14)16-5-3-15(4-6-16)27-10-1-2-17(21(27)30)31-11-9-23/h1-8,10,13H,9,11-12,23H2,(H,24,29). The second-order valence-electron chi connectivity index (χ2n) is 6.64. The van der Waals surface area contributed by atoms with Crippen molar-refractivity contribution in [3.05, 3.63) is 86.2 Å². The number of hydrogen-bond donors (Lipinski definition) is 2. The number of pyridine rings is 1. The zero-order chi connectivity index (χ0) is 22.5. The lowest BCUT2D eigenvalue weighted by molar-refractivity contribution is 0.0954. The van der Waals surface area contributed by atoms with E-state index in [0.717, 1.165) is 5.69 Å². The number of amides is 1. The molecule has 3 aromatic heterocycles. The van der Waals surface area contributed by atoms with E-state index in [1.165, 1.54) is 15.9 Å². The van der Waals surface area contributed by atoms with Crippen LogP contribution in [0.15, 0.2) is 65.7 Å². The largest absolute Gasteiger partial charge is 0.487 e. The van der Waals surface area contributed by atoms with Gasteiger partial charge in [-0.15, -0.1) is 16.4 Å². The van der Waals surface area contributed by atoms with Crippen molar-refractivity contribution in [2.45, 2.75) is 6.54 Å². The van der Waals surface area contributed by atoms with Gasteiger partial charge in [-0.2, -0.15) is 0 Å². The number of ether oxygens (including phenoxy) is 1. The Morgan fingerprint density at radius 2 is 1.94 bits per heavy atom. The Balaban J connectivity index is 1.44. The highest BCUT2D eigenvalue weighted by molar-refractivity contribution is 7.17. The van der Waals surface area contributed by atoms with Crippen molar-refractivity contribution in [3.8, 4) is 17.1 Å². The van der Waals surface area contributed by atoms with Crippen LogP contribution in [0, 0.1) is 0 Å². The van der Waals surface area contributed by atoms with E-state index >= 15 is 0 Å². The first-order valence-corrected chi connectivity index (χ1v) is 10.8. The third kappa shape index (κ3) is 4.88. The van der Waals surface area contributed by atoms with Crippen LogP contribution in [0.25, 0.3) is 11.4 Å². The highest BCUT2D eigenvalue weighted by Crippen LogP contribution is 2.21. The summed E-state index contributed by atoms with van der Waals surface area (Å²) in [6.45, 7) is 0.834. The molecule has 0 aliphatic rings. The quantitative estimate of drug-likeness (QED) is 0.408. The summed E-state index contributed by atoms with van der Waals surface area (Å²) < 4.78 is 9.04. The summed E-state index contributed by atoms with van der Waals surface area (Å²) >= 11 is 7.08. The second-order valence-corrected chi connectivity index (χ2v) is 8.36. The van der Waals surface area contributed by atoms with E-state index in [9.17, 15) is 9.59 Å². The van der Waals surface area contributed by atoms with Gasteiger partial charge in [0, 0.05) is 18.4 Å². The van der Waals surface area contributed by atoms with Crippen LogP contribution in [0.5, 0.6) is 5.75 Å². The van der Waals surface area contributed by atoms with Gasteiger partial charge >= 0.3 is 0 Å². The zero-order valence-corrected chi connectivity index (χ0v) is 18.3. The number of thiophene rings is 1. The van der Waals surface area contributed by atoms with E-state index in [1.807, 2.05) is 12.1 Å². The Kier molecular flexibility index (Phi) is 6.64. The molecule has 3 N–H and O–H groups in total. The minimum Gasteiger partial charge on any atom is -0.487 e. The normalized spacial score (nSPS) is 10.8. The summed E-state index contributed by atoms with van der Waals surface area (Å²) in [6.07, 6.45) is 3.40. The maximum absolute atomic E-state index is 12.6. The molecule has 0 spiro atoms. The molecule has 32 heavy (non-hydrogen) atoms. The molecule has 9 nitrogen and oxygen atoms in total. The molecule has 0 unspecified atom stereocenters. The van der Waals surface area contributed by atoms with Gasteiger partial charge in [0.2, 0.25) is 0 Å². The molecular weight excluding hydrogens is 452 g/mol. The molecule has 1 amide bonds. The summed E-state index contributed by atoms with van der Waals surface area (Å²) in [7, 11) is 0. The summed E-state index contributed by atoms with van der Waals surface area (Å²) in [5.41, 5.74) is 7.21. The van der Waals surface area contributed by atoms with Crippen LogP contribution in [0.3, 0.4) is 0 Å². The number of benzene rings is 1. The van der Waals surface area contributed by atoms with E-state index in [0.29, 0.717) is 27.1 Å². The predicted molar refractivity (Wildman–Crippen MR) is 122 cm³/mol. The second kappa shape index (κ2) is 9.77. The highest BCUT2D eigenvalue weighted by Gasteiger charge is 2.11. The number of halogens is 1. The van der Waals surface area contributed by atoms with Crippen molar-refractivity contribution < 1.29 is 9.53 Å². The number of hydrogen-bond acceptors (Lipinski definition) is 7. The van der Waals surface area contributed by atoms with Crippen LogP contribution in [-0.4, -0.2) is 38.6 Å². The number of nitrogens with one attached hydrogen (secondary N) is 1. The lowest BCUT2D eigenvalue weighted by Crippen LogP contribution is -2.22. The van der Waals surface area contributed by atoms with E-state index in [-0.39, 0.29) is 30.4 Å². The summed E-state index contributed by atoms with van der Waals surface area (Å²) in [4.78, 5) is 25.3. The molecule has 0 aliphatic heterocycles. The average molecular weight is 471 g/mol. The van der Waals surface area contributed by atoms with Crippen molar-refractivity contribution in [1.29, 1.82) is 0 Å². The van der Waals surface area contributed by atoms with Gasteiger partial charge in [-0.3, -0.25) is 14.2 Å². The molecule has 11 heteroatoms. The smallest absolute Gasteiger partial charge is 0.297 e. The van der Waals surface area contributed by atoms with Gasteiger partial charge in [-0.25, -0.2) is 4.68 Å². The minimum atomic E-state index is -0.264. The van der Waals surface area contributed by atoms with E-state index in [1.54, 1.807) is 53.5 Å². The van der Waals surface area contributed by atoms with Crippen molar-refractivity contribution >= 4 is 28.8 Å². The van der Waals surface area contributed by atoms with Gasteiger partial charge in [0.15, 0.2) is 5.75 Å². The molecule has 1 aromatic carbocycles. The fourth-order valence-corrected chi connectivity index (χ4v) is 3.88. The minimum absolute atomic E-state index is 0.219. The summed E-state index contributed by atoms with van der Waals surface area (Å²) in [5.74, 6) is 0.0266. The Morgan fingerprint density at radius 1 is 1.16 bits per heavy atom.